The summed E-state index contributed by atoms with van der Waals surface area (Å²) in [4.78, 5) is 6.36. The van der Waals surface area contributed by atoms with E-state index >= 15 is 0 Å². The number of fused-ring (bicyclic) bond motifs is 1. The van der Waals surface area contributed by atoms with Crippen LogP contribution in [-0.2, 0) is 5.41 Å². The van der Waals surface area contributed by atoms with Gasteiger partial charge in [-0.3, -0.25) is 10.4 Å². The van der Waals surface area contributed by atoms with Crippen molar-refractivity contribution in [2.75, 3.05) is 18.5 Å². The Morgan fingerprint density at radius 3 is 2.87 bits per heavy atom. The molecule has 2 heterocycles. The Morgan fingerprint density at radius 1 is 1.60 bits per heavy atom. The number of nitrogens with two attached hydrogens (primary N) is 1. The van der Waals surface area contributed by atoms with Gasteiger partial charge in [-0.25, -0.2) is 0 Å². The number of rotatable bonds is 1. The quantitative estimate of drug-likeness (QED) is 0.531. The van der Waals surface area contributed by atoms with Crippen molar-refractivity contribution in [3.8, 4) is 0 Å². The predicted octanol–water partition coefficient (Wildman–Crippen LogP) is 1.09. The van der Waals surface area contributed by atoms with E-state index in [2.05, 4.69) is 30.8 Å². The summed E-state index contributed by atoms with van der Waals surface area (Å²) in [6, 6.07) is 1.93. The van der Waals surface area contributed by atoms with Gasteiger partial charge in [-0.15, -0.1) is 0 Å². The van der Waals surface area contributed by atoms with Crippen LogP contribution in [-0.4, -0.2) is 24.4 Å². The molecule has 0 atom stereocenters. The zero-order valence-electron chi connectivity index (χ0n) is 9.33. The number of nitrogens with one attached hydrogen (secondary N) is 1. The zero-order chi connectivity index (χ0) is 11.2. The molecule has 1 aliphatic heterocycles. The highest BCUT2D eigenvalue weighted by atomic mass is 15.1. The Balaban J connectivity index is 2.57. The lowest BCUT2D eigenvalue weighted by atomic mass is 9.87. The fourth-order valence-electron chi connectivity index (χ4n) is 2.20. The third-order valence-corrected chi connectivity index (χ3v) is 2.93. The van der Waals surface area contributed by atoms with Gasteiger partial charge in [0.1, 0.15) is 11.5 Å². The van der Waals surface area contributed by atoms with Gasteiger partial charge >= 0.3 is 0 Å². The molecular formula is C11H16N4. The molecule has 0 fully saturated rings. The van der Waals surface area contributed by atoms with Crippen molar-refractivity contribution in [3.63, 3.8) is 0 Å². The van der Waals surface area contributed by atoms with Crippen molar-refractivity contribution in [2.45, 2.75) is 19.3 Å². The minimum Gasteiger partial charge on any atom is -0.382 e. The van der Waals surface area contributed by atoms with E-state index in [1.807, 2.05) is 6.07 Å². The number of nitrogens with zero attached hydrogens (tertiary/aromatic N) is 2. The number of nitrogen functional groups attached to an aromatic ring is 1. The SMILES string of the molecule is CN1CC(C)(C)c2cc(C(=N)N)ncc21. The fraction of sp³-hybridized carbons (Fsp3) is 0.455. The van der Waals surface area contributed by atoms with Gasteiger partial charge in [0.05, 0.1) is 11.9 Å². The maximum absolute atomic E-state index is 7.38. The van der Waals surface area contributed by atoms with Gasteiger partial charge < -0.3 is 10.6 Å². The van der Waals surface area contributed by atoms with Gasteiger partial charge in [0.15, 0.2) is 0 Å². The Labute approximate surface area is 89.6 Å². The first-order valence-corrected chi connectivity index (χ1v) is 4.98. The molecule has 4 nitrogen and oxygen atoms in total. The minimum atomic E-state index is 0.0307. The summed E-state index contributed by atoms with van der Waals surface area (Å²) >= 11 is 0. The summed E-state index contributed by atoms with van der Waals surface area (Å²) in [6.45, 7) is 5.36. The molecule has 0 bridgehead atoms. The molecule has 0 unspecified atom stereocenters. The van der Waals surface area contributed by atoms with Crippen molar-refractivity contribution in [1.29, 1.82) is 5.41 Å². The Bertz CT molecular complexity index is 423. The number of pyridine rings is 1. The van der Waals surface area contributed by atoms with E-state index in [0.717, 1.165) is 12.2 Å². The average Bonchev–Trinajstić information content (AvgIpc) is 2.37. The largest absolute Gasteiger partial charge is 0.382 e. The molecule has 0 spiro atoms. The van der Waals surface area contributed by atoms with Gasteiger partial charge in [-0.05, 0) is 11.6 Å². The topological polar surface area (TPSA) is 66.0 Å². The molecule has 0 aliphatic carbocycles. The molecule has 0 aromatic carbocycles. The highest BCUT2D eigenvalue weighted by Gasteiger charge is 2.33. The van der Waals surface area contributed by atoms with Crippen molar-refractivity contribution < 1.29 is 0 Å². The van der Waals surface area contributed by atoms with Crippen molar-refractivity contribution in [2.24, 2.45) is 5.73 Å². The standard InChI is InChI=1S/C11H16N4/c1-11(2)6-15(3)9-5-14-8(10(12)13)4-7(9)11/h4-5H,6H2,1-3H3,(H3,12,13). The van der Waals surface area contributed by atoms with E-state index < -0.39 is 0 Å². The molecule has 1 aromatic heterocycles. The van der Waals surface area contributed by atoms with Gasteiger partial charge in [0, 0.05) is 19.0 Å². The monoisotopic (exact) mass is 204 g/mol. The van der Waals surface area contributed by atoms with Gasteiger partial charge in [0.25, 0.3) is 0 Å². The van der Waals surface area contributed by atoms with Crippen LogP contribution in [0.1, 0.15) is 25.1 Å². The van der Waals surface area contributed by atoms with Crippen LogP contribution in [0.25, 0.3) is 0 Å². The summed E-state index contributed by atoms with van der Waals surface area (Å²) < 4.78 is 0. The highest BCUT2D eigenvalue weighted by Crippen LogP contribution is 2.39. The zero-order valence-corrected chi connectivity index (χ0v) is 9.33. The van der Waals surface area contributed by atoms with E-state index in [1.54, 1.807) is 6.20 Å². The van der Waals surface area contributed by atoms with E-state index in [-0.39, 0.29) is 11.3 Å². The van der Waals surface area contributed by atoms with Crippen molar-refractivity contribution in [3.05, 3.63) is 23.5 Å². The summed E-state index contributed by atoms with van der Waals surface area (Å²) in [7, 11) is 2.06. The van der Waals surface area contributed by atoms with Crippen LogP contribution in [0, 0.1) is 5.41 Å². The molecule has 1 aromatic rings. The summed E-state index contributed by atoms with van der Waals surface area (Å²) in [5, 5.41) is 7.38. The minimum absolute atomic E-state index is 0.0307. The smallest absolute Gasteiger partial charge is 0.141 e. The molecule has 3 N–H and O–H groups in total. The first-order valence-electron chi connectivity index (χ1n) is 4.98. The summed E-state index contributed by atoms with van der Waals surface area (Å²) in [5.74, 6) is 0.0307. The molecule has 15 heavy (non-hydrogen) atoms. The van der Waals surface area contributed by atoms with Gasteiger partial charge in [-0.1, -0.05) is 13.8 Å². The number of hydrogen-bond donors (Lipinski definition) is 2. The Hall–Kier alpha value is -1.58. The van der Waals surface area contributed by atoms with Crippen LogP contribution in [0.5, 0.6) is 0 Å². The molecule has 0 amide bonds. The number of hydrogen-bond acceptors (Lipinski definition) is 3. The molecule has 2 rings (SSSR count). The summed E-state index contributed by atoms with van der Waals surface area (Å²) in [6.07, 6.45) is 1.81. The molecule has 0 saturated heterocycles. The van der Waals surface area contributed by atoms with Gasteiger partial charge in [0.2, 0.25) is 0 Å². The molecule has 4 heteroatoms. The first kappa shape index (κ1) is 9.96. The maximum Gasteiger partial charge on any atom is 0.141 e. The molecule has 0 saturated carbocycles. The number of aromatic nitrogens is 1. The van der Waals surface area contributed by atoms with Crippen LogP contribution in [0.3, 0.4) is 0 Å². The molecule has 0 radical (unpaired) electrons. The van der Waals surface area contributed by atoms with E-state index in [1.165, 1.54) is 5.56 Å². The second-order valence-electron chi connectivity index (χ2n) is 4.74. The fourth-order valence-corrected chi connectivity index (χ4v) is 2.20. The van der Waals surface area contributed by atoms with E-state index in [0.29, 0.717) is 5.69 Å². The van der Waals surface area contributed by atoms with Gasteiger partial charge in [-0.2, -0.15) is 0 Å². The lowest BCUT2D eigenvalue weighted by Crippen LogP contribution is -2.25. The third kappa shape index (κ3) is 1.46. The molecule has 80 valence electrons. The molecule has 1 aliphatic rings. The van der Waals surface area contributed by atoms with Crippen molar-refractivity contribution >= 4 is 11.5 Å². The van der Waals surface area contributed by atoms with Crippen LogP contribution >= 0.6 is 0 Å². The maximum atomic E-state index is 7.38. The highest BCUT2D eigenvalue weighted by molar-refractivity contribution is 5.93. The number of anilines is 1. The number of likely N-dealkylation sites (N-methyl/N-ethyl adjacent to an activating group) is 1. The lowest BCUT2D eigenvalue weighted by Gasteiger charge is -2.18. The second kappa shape index (κ2) is 2.95. The molecular weight excluding hydrogens is 188 g/mol. The van der Waals surface area contributed by atoms with Crippen LogP contribution in [0.2, 0.25) is 0 Å². The lowest BCUT2D eigenvalue weighted by molar-refractivity contribution is 0.563. The van der Waals surface area contributed by atoms with Crippen molar-refractivity contribution in [1.82, 2.24) is 4.98 Å². The normalized spacial score (nSPS) is 17.7. The number of amidine groups is 1. The van der Waals surface area contributed by atoms with Crippen LogP contribution < -0.4 is 10.6 Å². The predicted molar refractivity (Wildman–Crippen MR) is 61.5 cm³/mol. The first-order chi connectivity index (χ1) is 6.92. The average molecular weight is 204 g/mol. The Morgan fingerprint density at radius 2 is 2.27 bits per heavy atom. The van der Waals surface area contributed by atoms with E-state index in [9.17, 15) is 0 Å². The second-order valence-corrected chi connectivity index (χ2v) is 4.74. The third-order valence-electron chi connectivity index (χ3n) is 2.93. The summed E-state index contributed by atoms with van der Waals surface area (Å²) in [5.41, 5.74) is 8.48. The van der Waals surface area contributed by atoms with E-state index in [4.69, 9.17) is 11.1 Å². The van der Waals surface area contributed by atoms with Crippen LogP contribution in [0.4, 0.5) is 5.69 Å². The Kier molecular flexibility index (Phi) is 1.96. The van der Waals surface area contributed by atoms with Crippen LogP contribution in [0.15, 0.2) is 12.3 Å².